The number of ether oxygens (including phenoxy) is 3. The molecule has 3 rings (SSSR count). The van der Waals surface area contributed by atoms with E-state index < -0.39 is 23.3 Å². The van der Waals surface area contributed by atoms with Crippen LogP contribution in [0.2, 0.25) is 0 Å². The zero-order valence-corrected chi connectivity index (χ0v) is 17.2. The first-order valence-corrected chi connectivity index (χ1v) is 9.82. The van der Waals surface area contributed by atoms with Crippen molar-refractivity contribution in [3.05, 3.63) is 48.3 Å². The van der Waals surface area contributed by atoms with Crippen LogP contribution in [0.3, 0.4) is 0 Å². The molecule has 2 aromatic carbocycles. The lowest BCUT2D eigenvalue weighted by Crippen LogP contribution is -2.55. The zero-order chi connectivity index (χ0) is 22.4. The maximum Gasteiger partial charge on any atom is 0.360 e. The minimum atomic E-state index is -1.82. The van der Waals surface area contributed by atoms with Crippen molar-refractivity contribution in [2.75, 3.05) is 23.8 Å². The van der Waals surface area contributed by atoms with Crippen LogP contribution in [-0.4, -0.2) is 36.6 Å². The zero-order valence-electron chi connectivity index (χ0n) is 17.2. The average Bonchev–Trinajstić information content (AvgIpc) is 2.73. The second-order valence-electron chi connectivity index (χ2n) is 6.95. The van der Waals surface area contributed by atoms with Gasteiger partial charge in [-0.15, -0.1) is 0 Å². The van der Waals surface area contributed by atoms with Gasteiger partial charge in [-0.2, -0.15) is 0 Å². The number of halogens is 1. The monoisotopic (exact) mass is 430 g/mol. The van der Waals surface area contributed by atoms with E-state index in [1.54, 1.807) is 31.2 Å². The summed E-state index contributed by atoms with van der Waals surface area (Å²) in [6.07, 6.45) is 0.544. The highest BCUT2D eigenvalue weighted by Crippen LogP contribution is 2.36. The minimum absolute atomic E-state index is 0.106. The molecule has 2 N–H and O–H groups in total. The fourth-order valence-electron chi connectivity index (χ4n) is 2.90. The number of hydrogen-bond donors (Lipinski definition) is 2. The van der Waals surface area contributed by atoms with Gasteiger partial charge in [0.15, 0.2) is 11.6 Å². The van der Waals surface area contributed by atoms with E-state index in [-0.39, 0.29) is 37.0 Å². The molecule has 31 heavy (non-hydrogen) atoms. The first kappa shape index (κ1) is 22.1. The Hall–Kier alpha value is -3.62. The molecule has 2 amide bonds. The van der Waals surface area contributed by atoms with Gasteiger partial charge >= 0.3 is 5.97 Å². The molecule has 0 aliphatic carbocycles. The van der Waals surface area contributed by atoms with Crippen molar-refractivity contribution < 1.29 is 33.0 Å². The van der Waals surface area contributed by atoms with E-state index in [1.165, 1.54) is 25.1 Å². The van der Waals surface area contributed by atoms with Crippen molar-refractivity contribution >= 4 is 29.2 Å². The van der Waals surface area contributed by atoms with E-state index in [9.17, 15) is 18.8 Å². The molecular formula is C22H23FN2O6. The van der Waals surface area contributed by atoms with Gasteiger partial charge in [-0.25, -0.2) is 9.18 Å². The predicted octanol–water partition coefficient (Wildman–Crippen LogP) is 3.28. The number of benzene rings is 2. The van der Waals surface area contributed by atoms with Gasteiger partial charge in [0.1, 0.15) is 5.75 Å². The molecular weight excluding hydrogens is 407 g/mol. The van der Waals surface area contributed by atoms with Crippen LogP contribution in [0.15, 0.2) is 42.5 Å². The number of nitrogens with one attached hydrogen (secondary N) is 2. The van der Waals surface area contributed by atoms with Gasteiger partial charge in [-0.05, 0) is 44.5 Å². The number of amides is 2. The van der Waals surface area contributed by atoms with E-state index >= 15 is 0 Å². The third-order valence-corrected chi connectivity index (χ3v) is 4.57. The van der Waals surface area contributed by atoms with Gasteiger partial charge in [0.25, 0.3) is 11.5 Å². The van der Waals surface area contributed by atoms with E-state index in [0.717, 1.165) is 0 Å². The minimum Gasteiger partial charge on any atom is -0.491 e. The summed E-state index contributed by atoms with van der Waals surface area (Å²) in [7, 11) is 0. The molecule has 0 radical (unpaired) electrons. The molecule has 9 heteroatoms. The summed E-state index contributed by atoms with van der Waals surface area (Å²) >= 11 is 0. The first-order chi connectivity index (χ1) is 14.8. The predicted molar refractivity (Wildman–Crippen MR) is 110 cm³/mol. The van der Waals surface area contributed by atoms with Gasteiger partial charge in [0.05, 0.1) is 18.9 Å². The van der Waals surface area contributed by atoms with Crippen molar-refractivity contribution in [3.63, 3.8) is 0 Å². The summed E-state index contributed by atoms with van der Waals surface area (Å²) in [5.74, 6) is -1.79. The van der Waals surface area contributed by atoms with Gasteiger partial charge in [-0.1, -0.05) is 12.1 Å². The summed E-state index contributed by atoms with van der Waals surface area (Å²) in [5.41, 5.74) is -1.01. The van der Waals surface area contributed by atoms with E-state index in [4.69, 9.17) is 14.2 Å². The van der Waals surface area contributed by atoms with Gasteiger partial charge in [-0.3, -0.25) is 9.59 Å². The standard InChI is InChI=1S/C22H23FN2O6/c1-3-29-21(28)22(2)20(27)25-16-11-10-14(13-18(16)31-22)24-19(26)9-6-12-30-17-8-5-4-7-15(17)23/h4-5,7-8,10-11,13H,3,6,9,12H2,1-2H3,(H,24,26)(H,25,27). The molecule has 0 saturated heterocycles. The summed E-state index contributed by atoms with van der Waals surface area (Å²) in [5, 5.41) is 5.33. The normalized spacial score (nSPS) is 17.1. The third kappa shape index (κ3) is 5.11. The van der Waals surface area contributed by atoms with Crippen LogP contribution in [0.25, 0.3) is 0 Å². The van der Waals surface area contributed by atoms with Crippen LogP contribution < -0.4 is 20.1 Å². The molecule has 1 aliphatic heterocycles. The molecule has 0 aromatic heterocycles. The Labute approximate surface area is 178 Å². The molecule has 164 valence electrons. The highest BCUT2D eigenvalue weighted by atomic mass is 19.1. The Morgan fingerprint density at radius 1 is 1.23 bits per heavy atom. The maximum absolute atomic E-state index is 13.5. The quantitative estimate of drug-likeness (QED) is 0.379. The topological polar surface area (TPSA) is 103 Å². The lowest BCUT2D eigenvalue weighted by molar-refractivity contribution is -0.165. The third-order valence-electron chi connectivity index (χ3n) is 4.57. The van der Waals surface area contributed by atoms with Crippen LogP contribution in [0.1, 0.15) is 26.7 Å². The molecule has 1 atom stereocenters. The van der Waals surface area contributed by atoms with Crippen LogP contribution in [-0.2, 0) is 19.1 Å². The van der Waals surface area contributed by atoms with Crippen LogP contribution in [0.4, 0.5) is 15.8 Å². The second-order valence-corrected chi connectivity index (χ2v) is 6.95. The Morgan fingerprint density at radius 3 is 2.74 bits per heavy atom. The van der Waals surface area contributed by atoms with E-state index in [1.807, 2.05) is 0 Å². The SMILES string of the molecule is CCOC(=O)C1(C)Oc2cc(NC(=O)CCCOc3ccccc3F)ccc2NC1=O. The van der Waals surface area contributed by atoms with Crippen LogP contribution >= 0.6 is 0 Å². The first-order valence-electron chi connectivity index (χ1n) is 9.82. The van der Waals surface area contributed by atoms with Crippen molar-refractivity contribution in [2.45, 2.75) is 32.3 Å². The Bertz CT molecular complexity index is 996. The number of carbonyl (C=O) groups excluding carboxylic acids is 3. The molecule has 8 nitrogen and oxygen atoms in total. The summed E-state index contributed by atoms with van der Waals surface area (Å²) in [6.45, 7) is 3.25. The Kier molecular flexibility index (Phi) is 6.74. The number of fused-ring (bicyclic) bond motifs is 1. The maximum atomic E-state index is 13.5. The van der Waals surface area contributed by atoms with Gasteiger partial charge in [0, 0.05) is 18.2 Å². The fraction of sp³-hybridized carbons (Fsp3) is 0.318. The van der Waals surface area contributed by atoms with Gasteiger partial charge in [0.2, 0.25) is 5.91 Å². The highest BCUT2D eigenvalue weighted by molar-refractivity contribution is 6.14. The number of para-hydroxylation sites is 1. The Morgan fingerprint density at radius 2 is 2.00 bits per heavy atom. The molecule has 0 spiro atoms. The van der Waals surface area contributed by atoms with Crippen molar-refractivity contribution in [3.8, 4) is 11.5 Å². The number of rotatable bonds is 8. The fourth-order valence-corrected chi connectivity index (χ4v) is 2.90. The summed E-state index contributed by atoms with van der Waals surface area (Å²) in [4.78, 5) is 36.7. The number of carbonyl (C=O) groups is 3. The van der Waals surface area contributed by atoms with Crippen molar-refractivity contribution in [1.82, 2.24) is 0 Å². The highest BCUT2D eigenvalue weighted by Gasteiger charge is 2.48. The number of anilines is 2. The molecule has 1 heterocycles. The lowest BCUT2D eigenvalue weighted by atomic mass is 10.0. The van der Waals surface area contributed by atoms with Gasteiger partial charge < -0.3 is 24.8 Å². The van der Waals surface area contributed by atoms with E-state index in [2.05, 4.69) is 10.6 Å². The lowest BCUT2D eigenvalue weighted by Gasteiger charge is -2.32. The summed E-state index contributed by atoms with van der Waals surface area (Å²) < 4.78 is 29.4. The largest absolute Gasteiger partial charge is 0.491 e. The Balaban J connectivity index is 1.56. The van der Waals surface area contributed by atoms with Crippen molar-refractivity contribution in [1.29, 1.82) is 0 Å². The molecule has 0 saturated carbocycles. The molecule has 1 unspecified atom stereocenters. The van der Waals surface area contributed by atoms with E-state index in [0.29, 0.717) is 17.8 Å². The smallest absolute Gasteiger partial charge is 0.360 e. The van der Waals surface area contributed by atoms with Crippen LogP contribution in [0, 0.1) is 5.82 Å². The molecule has 0 fully saturated rings. The average molecular weight is 430 g/mol. The van der Waals surface area contributed by atoms with Crippen LogP contribution in [0.5, 0.6) is 11.5 Å². The molecule has 1 aliphatic rings. The number of hydrogen-bond acceptors (Lipinski definition) is 6. The molecule has 2 aromatic rings. The molecule has 0 bridgehead atoms. The summed E-state index contributed by atoms with van der Waals surface area (Å²) in [6, 6.07) is 10.7. The number of esters is 1. The van der Waals surface area contributed by atoms with Crippen molar-refractivity contribution in [2.24, 2.45) is 0 Å². The second kappa shape index (κ2) is 9.46.